The minimum atomic E-state index is -0.407. The summed E-state index contributed by atoms with van der Waals surface area (Å²) in [5.41, 5.74) is -0.0793. The smallest absolute Gasteiger partial charge is 0.0655 e. The van der Waals surface area contributed by atoms with Crippen LogP contribution in [0.4, 0.5) is 0 Å². The molecule has 1 saturated carbocycles. The monoisotopic (exact) mass is 182 g/mol. The molecule has 0 aromatic rings. The van der Waals surface area contributed by atoms with E-state index in [0.29, 0.717) is 5.41 Å². The third-order valence-electron chi connectivity index (χ3n) is 3.12. The van der Waals surface area contributed by atoms with Crippen molar-refractivity contribution < 1.29 is 5.11 Å². The SMILES string of the molecule is C=CCCC1(O)CCCC(C)(C)C1. The maximum atomic E-state index is 10.3. The Hall–Kier alpha value is -0.300. The van der Waals surface area contributed by atoms with Gasteiger partial charge in [0.25, 0.3) is 0 Å². The normalized spacial score (nSPS) is 32.8. The minimum absolute atomic E-state index is 0.328. The number of allylic oxidation sites excluding steroid dienone is 1. The molecular formula is C12H22O. The summed E-state index contributed by atoms with van der Waals surface area (Å²) in [7, 11) is 0. The average molecular weight is 182 g/mol. The molecule has 0 amide bonds. The van der Waals surface area contributed by atoms with Gasteiger partial charge in [0.15, 0.2) is 0 Å². The average Bonchev–Trinajstić information content (AvgIpc) is 1.98. The van der Waals surface area contributed by atoms with E-state index in [1.54, 1.807) is 0 Å². The zero-order chi connectivity index (χ0) is 9.95. The van der Waals surface area contributed by atoms with Gasteiger partial charge in [-0.1, -0.05) is 26.3 Å². The Morgan fingerprint density at radius 1 is 1.38 bits per heavy atom. The van der Waals surface area contributed by atoms with Crippen LogP contribution in [0.5, 0.6) is 0 Å². The lowest BCUT2D eigenvalue weighted by molar-refractivity contribution is -0.0441. The molecular weight excluding hydrogens is 160 g/mol. The van der Waals surface area contributed by atoms with Crippen molar-refractivity contribution >= 4 is 0 Å². The van der Waals surface area contributed by atoms with Crippen molar-refractivity contribution in [3.05, 3.63) is 12.7 Å². The second kappa shape index (κ2) is 3.83. The first kappa shape index (κ1) is 10.8. The summed E-state index contributed by atoms with van der Waals surface area (Å²) in [6.07, 6.45) is 8.08. The molecule has 0 radical (unpaired) electrons. The van der Waals surface area contributed by atoms with Crippen LogP contribution in [-0.2, 0) is 0 Å². The van der Waals surface area contributed by atoms with E-state index in [-0.39, 0.29) is 0 Å². The number of rotatable bonds is 3. The summed E-state index contributed by atoms with van der Waals surface area (Å²) < 4.78 is 0. The van der Waals surface area contributed by atoms with E-state index in [0.717, 1.165) is 25.7 Å². The topological polar surface area (TPSA) is 20.2 Å². The molecule has 13 heavy (non-hydrogen) atoms. The van der Waals surface area contributed by atoms with Gasteiger partial charge in [-0.15, -0.1) is 6.58 Å². The number of hydrogen-bond acceptors (Lipinski definition) is 1. The van der Waals surface area contributed by atoms with Gasteiger partial charge < -0.3 is 5.11 Å². The predicted octanol–water partition coefficient (Wildman–Crippen LogP) is 3.28. The van der Waals surface area contributed by atoms with Gasteiger partial charge in [0, 0.05) is 0 Å². The van der Waals surface area contributed by atoms with Crippen LogP contribution < -0.4 is 0 Å². The van der Waals surface area contributed by atoms with Crippen LogP contribution in [0.15, 0.2) is 12.7 Å². The lowest BCUT2D eigenvalue weighted by Crippen LogP contribution is -2.38. The van der Waals surface area contributed by atoms with Crippen molar-refractivity contribution in [1.82, 2.24) is 0 Å². The fourth-order valence-electron chi connectivity index (χ4n) is 2.55. The zero-order valence-corrected chi connectivity index (χ0v) is 8.97. The molecule has 76 valence electrons. The van der Waals surface area contributed by atoms with E-state index in [9.17, 15) is 5.11 Å². The second-order valence-electron chi connectivity index (χ2n) is 5.25. The van der Waals surface area contributed by atoms with Gasteiger partial charge in [-0.05, 0) is 37.5 Å². The molecule has 0 aromatic heterocycles. The molecule has 1 heteroatoms. The van der Waals surface area contributed by atoms with E-state index in [2.05, 4.69) is 20.4 Å². The number of aliphatic hydroxyl groups is 1. The van der Waals surface area contributed by atoms with Crippen molar-refractivity contribution in [2.24, 2.45) is 5.41 Å². The summed E-state index contributed by atoms with van der Waals surface area (Å²) in [5, 5.41) is 10.3. The first-order chi connectivity index (χ1) is 5.97. The van der Waals surface area contributed by atoms with Crippen molar-refractivity contribution in [3.63, 3.8) is 0 Å². The molecule has 0 heterocycles. The highest BCUT2D eigenvalue weighted by Crippen LogP contribution is 2.42. The predicted molar refractivity (Wildman–Crippen MR) is 56.6 cm³/mol. The van der Waals surface area contributed by atoms with Gasteiger partial charge in [0.05, 0.1) is 5.60 Å². The molecule has 0 saturated heterocycles. The van der Waals surface area contributed by atoms with Crippen molar-refractivity contribution in [1.29, 1.82) is 0 Å². The van der Waals surface area contributed by atoms with Crippen LogP contribution in [0.1, 0.15) is 52.4 Å². The van der Waals surface area contributed by atoms with Gasteiger partial charge in [0.1, 0.15) is 0 Å². The second-order valence-corrected chi connectivity index (χ2v) is 5.25. The van der Waals surface area contributed by atoms with Crippen molar-refractivity contribution in [2.75, 3.05) is 0 Å². The highest BCUT2D eigenvalue weighted by molar-refractivity contribution is 4.91. The third-order valence-corrected chi connectivity index (χ3v) is 3.12. The summed E-state index contributed by atoms with van der Waals surface area (Å²) in [4.78, 5) is 0. The summed E-state index contributed by atoms with van der Waals surface area (Å²) in [6, 6.07) is 0. The van der Waals surface area contributed by atoms with Gasteiger partial charge >= 0.3 is 0 Å². The van der Waals surface area contributed by atoms with Crippen LogP contribution in [-0.4, -0.2) is 10.7 Å². The van der Waals surface area contributed by atoms with Crippen LogP contribution >= 0.6 is 0 Å². The molecule has 1 fully saturated rings. The summed E-state index contributed by atoms with van der Waals surface area (Å²) in [5.74, 6) is 0. The largest absolute Gasteiger partial charge is 0.390 e. The highest BCUT2D eigenvalue weighted by atomic mass is 16.3. The quantitative estimate of drug-likeness (QED) is 0.664. The lowest BCUT2D eigenvalue weighted by Gasteiger charge is -2.41. The molecule has 0 aromatic carbocycles. The zero-order valence-electron chi connectivity index (χ0n) is 8.97. The minimum Gasteiger partial charge on any atom is -0.390 e. The fraction of sp³-hybridized carbons (Fsp3) is 0.833. The fourth-order valence-corrected chi connectivity index (χ4v) is 2.55. The highest BCUT2D eigenvalue weighted by Gasteiger charge is 2.37. The standard InChI is InChI=1S/C12H22O/c1-4-5-8-12(13)9-6-7-11(2,3)10-12/h4,13H,1,5-10H2,2-3H3. The Morgan fingerprint density at radius 2 is 2.08 bits per heavy atom. The molecule has 1 aliphatic carbocycles. The molecule has 0 aliphatic heterocycles. The molecule has 1 aliphatic rings. The van der Waals surface area contributed by atoms with Crippen LogP contribution in [0.25, 0.3) is 0 Å². The first-order valence-electron chi connectivity index (χ1n) is 5.31. The van der Waals surface area contributed by atoms with E-state index < -0.39 is 5.60 Å². The maximum Gasteiger partial charge on any atom is 0.0655 e. The molecule has 1 N–H and O–H groups in total. The van der Waals surface area contributed by atoms with E-state index >= 15 is 0 Å². The van der Waals surface area contributed by atoms with Gasteiger partial charge in [-0.25, -0.2) is 0 Å². The Labute approximate surface area is 81.9 Å². The van der Waals surface area contributed by atoms with Crippen molar-refractivity contribution in [2.45, 2.75) is 58.0 Å². The van der Waals surface area contributed by atoms with Gasteiger partial charge in [-0.3, -0.25) is 0 Å². The van der Waals surface area contributed by atoms with E-state index in [1.165, 1.54) is 12.8 Å². The third kappa shape index (κ3) is 3.15. The van der Waals surface area contributed by atoms with Gasteiger partial charge in [-0.2, -0.15) is 0 Å². The molecule has 0 spiro atoms. The van der Waals surface area contributed by atoms with Gasteiger partial charge in [0.2, 0.25) is 0 Å². The Balaban J connectivity index is 2.52. The molecule has 1 rings (SSSR count). The molecule has 1 nitrogen and oxygen atoms in total. The van der Waals surface area contributed by atoms with E-state index in [1.807, 2.05) is 6.08 Å². The van der Waals surface area contributed by atoms with E-state index in [4.69, 9.17) is 0 Å². The molecule has 1 atom stereocenters. The van der Waals surface area contributed by atoms with Crippen LogP contribution in [0.3, 0.4) is 0 Å². The van der Waals surface area contributed by atoms with Crippen LogP contribution in [0, 0.1) is 5.41 Å². The lowest BCUT2D eigenvalue weighted by atomic mass is 9.68. The molecule has 0 bridgehead atoms. The Kier molecular flexibility index (Phi) is 3.18. The number of hydrogen-bond donors (Lipinski definition) is 1. The first-order valence-corrected chi connectivity index (χ1v) is 5.31. The maximum absolute atomic E-state index is 10.3. The Morgan fingerprint density at radius 3 is 2.62 bits per heavy atom. The summed E-state index contributed by atoms with van der Waals surface area (Å²) >= 11 is 0. The van der Waals surface area contributed by atoms with Crippen molar-refractivity contribution in [3.8, 4) is 0 Å². The Bertz CT molecular complexity index is 184. The van der Waals surface area contributed by atoms with Crippen LogP contribution in [0.2, 0.25) is 0 Å². The molecule has 1 unspecified atom stereocenters. The summed E-state index contributed by atoms with van der Waals surface area (Å²) in [6.45, 7) is 8.21.